The van der Waals surface area contributed by atoms with Crippen LogP contribution in [0.2, 0.25) is 5.02 Å². The van der Waals surface area contributed by atoms with Crippen molar-refractivity contribution in [3.63, 3.8) is 0 Å². The second kappa shape index (κ2) is 10.2. The van der Waals surface area contributed by atoms with E-state index in [0.29, 0.717) is 29.1 Å². The van der Waals surface area contributed by atoms with E-state index >= 15 is 0 Å². The third-order valence-electron chi connectivity index (χ3n) is 7.90. The molecule has 1 atom stereocenters. The van der Waals surface area contributed by atoms with Crippen LogP contribution in [0.15, 0.2) is 77.6 Å². The highest BCUT2D eigenvalue weighted by molar-refractivity contribution is 6.31. The fourth-order valence-corrected chi connectivity index (χ4v) is 5.74. The van der Waals surface area contributed by atoms with Crippen molar-refractivity contribution >= 4 is 17.5 Å². The van der Waals surface area contributed by atoms with Crippen LogP contribution in [-0.2, 0) is 29.4 Å². The minimum absolute atomic E-state index is 0.00486. The standard InChI is InChI=1S/C31H25ClF3N3O3/c32-23-15-20(14-22(16-23)31(33,34)35)18-5-4-6-19(13-18)26(39)28(41)38-12-9-25-24(17-38)27(40)37-29(36-25)30(10-11-30)21-7-2-1-3-8-21/h1-8,13-16,26,39H,9-12,17H2,(H,36,37,40). The summed E-state index contributed by atoms with van der Waals surface area (Å²) in [6.07, 6.45) is -4.01. The Balaban J connectivity index is 1.23. The van der Waals surface area contributed by atoms with Gasteiger partial charge in [0.1, 0.15) is 5.82 Å². The average Bonchev–Trinajstić information content (AvgIpc) is 3.78. The van der Waals surface area contributed by atoms with Gasteiger partial charge in [0.15, 0.2) is 6.10 Å². The molecule has 4 aromatic rings. The molecular weight excluding hydrogens is 555 g/mol. The van der Waals surface area contributed by atoms with Gasteiger partial charge >= 0.3 is 6.18 Å². The summed E-state index contributed by atoms with van der Waals surface area (Å²) in [5.74, 6) is 0.0278. The van der Waals surface area contributed by atoms with Gasteiger partial charge in [-0.05, 0) is 59.4 Å². The quantitative estimate of drug-likeness (QED) is 0.313. The first-order valence-corrected chi connectivity index (χ1v) is 13.6. The molecule has 0 bridgehead atoms. The summed E-state index contributed by atoms with van der Waals surface area (Å²) in [4.78, 5) is 35.6. The van der Waals surface area contributed by atoms with Crippen molar-refractivity contribution in [1.29, 1.82) is 0 Å². The molecule has 2 aliphatic rings. The molecule has 1 amide bonds. The number of aromatic nitrogens is 2. The van der Waals surface area contributed by atoms with Crippen LogP contribution in [0, 0.1) is 0 Å². The van der Waals surface area contributed by atoms with E-state index in [1.54, 1.807) is 12.1 Å². The van der Waals surface area contributed by atoms with Gasteiger partial charge in [0.25, 0.3) is 11.5 Å². The highest BCUT2D eigenvalue weighted by atomic mass is 35.5. The van der Waals surface area contributed by atoms with Crippen LogP contribution in [0.25, 0.3) is 11.1 Å². The Kier molecular flexibility index (Phi) is 6.74. The molecule has 1 fully saturated rings. The van der Waals surface area contributed by atoms with Gasteiger partial charge in [0.05, 0.1) is 28.8 Å². The molecule has 1 unspecified atom stereocenters. The number of carbonyl (C=O) groups is 1. The first-order valence-electron chi connectivity index (χ1n) is 13.2. The van der Waals surface area contributed by atoms with Crippen LogP contribution in [0.3, 0.4) is 0 Å². The van der Waals surface area contributed by atoms with Crippen LogP contribution in [-0.4, -0.2) is 32.4 Å². The van der Waals surface area contributed by atoms with E-state index in [0.717, 1.165) is 30.5 Å². The first-order chi connectivity index (χ1) is 19.5. The summed E-state index contributed by atoms with van der Waals surface area (Å²) in [6.45, 7) is 0.259. The van der Waals surface area contributed by atoms with Crippen LogP contribution < -0.4 is 5.56 Å². The zero-order valence-electron chi connectivity index (χ0n) is 21.7. The number of halogens is 4. The molecule has 1 aliphatic heterocycles. The SMILES string of the molecule is O=C(C(O)c1cccc(-c2cc(Cl)cc(C(F)(F)F)c2)c1)N1CCc2nc(C3(c4ccccc4)CC3)[nH]c(=O)c2C1. The van der Waals surface area contributed by atoms with E-state index in [1.165, 1.54) is 23.1 Å². The van der Waals surface area contributed by atoms with Gasteiger partial charge in [-0.2, -0.15) is 13.2 Å². The molecule has 3 aromatic carbocycles. The molecule has 210 valence electrons. The monoisotopic (exact) mass is 579 g/mol. The molecular formula is C31H25ClF3N3O3. The van der Waals surface area contributed by atoms with E-state index in [2.05, 4.69) is 4.98 Å². The number of nitrogens with one attached hydrogen (secondary N) is 1. The number of aromatic amines is 1. The molecule has 1 aromatic heterocycles. The average molecular weight is 580 g/mol. The molecule has 1 saturated carbocycles. The normalized spacial score (nSPS) is 16.7. The largest absolute Gasteiger partial charge is 0.416 e. The van der Waals surface area contributed by atoms with Crippen molar-refractivity contribution in [2.24, 2.45) is 0 Å². The molecule has 6 rings (SSSR count). The van der Waals surface area contributed by atoms with Crippen molar-refractivity contribution < 1.29 is 23.1 Å². The predicted octanol–water partition coefficient (Wildman–Crippen LogP) is 5.81. The van der Waals surface area contributed by atoms with E-state index in [4.69, 9.17) is 16.6 Å². The molecule has 10 heteroatoms. The smallest absolute Gasteiger partial charge is 0.378 e. The Hall–Kier alpha value is -3.95. The van der Waals surface area contributed by atoms with Gasteiger partial charge in [0, 0.05) is 18.0 Å². The van der Waals surface area contributed by atoms with Gasteiger partial charge < -0.3 is 15.0 Å². The van der Waals surface area contributed by atoms with E-state index in [1.807, 2.05) is 30.3 Å². The Labute approximate surface area is 238 Å². The maximum atomic E-state index is 13.3. The number of rotatable bonds is 5. The van der Waals surface area contributed by atoms with Gasteiger partial charge in [0.2, 0.25) is 0 Å². The summed E-state index contributed by atoms with van der Waals surface area (Å²) in [7, 11) is 0. The number of aliphatic hydroxyl groups is 1. The summed E-state index contributed by atoms with van der Waals surface area (Å²) >= 11 is 5.94. The number of hydrogen-bond acceptors (Lipinski definition) is 4. The van der Waals surface area contributed by atoms with Crippen molar-refractivity contribution in [3.8, 4) is 11.1 Å². The lowest BCUT2D eigenvalue weighted by molar-refractivity contribution is -0.141. The minimum Gasteiger partial charge on any atom is -0.378 e. The number of benzene rings is 3. The molecule has 6 nitrogen and oxygen atoms in total. The summed E-state index contributed by atoms with van der Waals surface area (Å²) in [6, 6.07) is 19.3. The molecule has 2 N–H and O–H groups in total. The highest BCUT2D eigenvalue weighted by Gasteiger charge is 2.48. The van der Waals surface area contributed by atoms with Gasteiger partial charge in [-0.1, -0.05) is 60.1 Å². The maximum Gasteiger partial charge on any atom is 0.416 e. The van der Waals surface area contributed by atoms with E-state index in [-0.39, 0.29) is 40.2 Å². The van der Waals surface area contributed by atoms with Crippen molar-refractivity contribution in [2.45, 2.75) is 43.5 Å². The van der Waals surface area contributed by atoms with E-state index in [9.17, 15) is 27.9 Å². The van der Waals surface area contributed by atoms with Gasteiger partial charge in [-0.25, -0.2) is 4.98 Å². The van der Waals surface area contributed by atoms with Crippen LogP contribution >= 0.6 is 11.6 Å². The lowest BCUT2D eigenvalue weighted by Gasteiger charge is -2.30. The number of carbonyl (C=O) groups excluding carboxylic acids is 1. The Morgan fingerprint density at radius 1 is 1.02 bits per heavy atom. The number of aliphatic hydroxyl groups excluding tert-OH is 1. The lowest BCUT2D eigenvalue weighted by Crippen LogP contribution is -2.42. The summed E-state index contributed by atoms with van der Waals surface area (Å²) in [5.41, 5.74) is 1.43. The molecule has 1 aliphatic carbocycles. The lowest BCUT2D eigenvalue weighted by atomic mass is 9.94. The molecule has 41 heavy (non-hydrogen) atoms. The third-order valence-corrected chi connectivity index (χ3v) is 8.12. The summed E-state index contributed by atoms with van der Waals surface area (Å²) in [5, 5.41) is 10.9. The molecule has 2 heterocycles. The zero-order chi connectivity index (χ0) is 28.9. The van der Waals surface area contributed by atoms with Crippen molar-refractivity contribution in [2.75, 3.05) is 6.54 Å². The number of hydrogen-bond donors (Lipinski definition) is 2. The van der Waals surface area contributed by atoms with Gasteiger partial charge in [-0.3, -0.25) is 9.59 Å². The van der Waals surface area contributed by atoms with Crippen molar-refractivity contribution in [3.05, 3.63) is 122 Å². The molecule has 0 spiro atoms. The number of nitrogens with zero attached hydrogens (tertiary/aromatic N) is 2. The van der Waals surface area contributed by atoms with Crippen LogP contribution in [0.4, 0.5) is 13.2 Å². The van der Waals surface area contributed by atoms with Crippen molar-refractivity contribution in [1.82, 2.24) is 14.9 Å². The van der Waals surface area contributed by atoms with Crippen LogP contribution in [0.5, 0.6) is 0 Å². The maximum absolute atomic E-state index is 13.3. The second-order valence-electron chi connectivity index (χ2n) is 10.6. The fraction of sp³-hybridized carbons (Fsp3) is 0.258. The fourth-order valence-electron chi connectivity index (χ4n) is 5.51. The summed E-state index contributed by atoms with van der Waals surface area (Å²) < 4.78 is 39.9. The molecule has 0 saturated heterocycles. The van der Waals surface area contributed by atoms with E-state index < -0.39 is 23.8 Å². The predicted molar refractivity (Wildman–Crippen MR) is 147 cm³/mol. The number of alkyl halides is 3. The Morgan fingerprint density at radius 3 is 2.49 bits per heavy atom. The number of amides is 1. The Bertz CT molecular complexity index is 1700. The number of H-pyrrole nitrogens is 1. The topological polar surface area (TPSA) is 86.3 Å². The Morgan fingerprint density at radius 2 is 1.78 bits per heavy atom. The first kappa shape index (κ1) is 27.2. The van der Waals surface area contributed by atoms with Gasteiger partial charge in [-0.15, -0.1) is 0 Å². The van der Waals surface area contributed by atoms with Crippen LogP contribution in [0.1, 0.15) is 52.7 Å². The number of fused-ring (bicyclic) bond motifs is 1. The second-order valence-corrected chi connectivity index (χ2v) is 11.0. The molecule has 0 radical (unpaired) electrons. The zero-order valence-corrected chi connectivity index (χ0v) is 22.5. The highest BCUT2D eigenvalue weighted by Crippen LogP contribution is 2.52. The minimum atomic E-state index is -4.58. The third kappa shape index (κ3) is 5.15.